The summed E-state index contributed by atoms with van der Waals surface area (Å²) in [5.41, 5.74) is 2.59. The van der Waals surface area contributed by atoms with E-state index in [1.54, 1.807) is 4.90 Å². The van der Waals surface area contributed by atoms with E-state index in [1.807, 2.05) is 39.0 Å². The second kappa shape index (κ2) is 8.50. The van der Waals surface area contributed by atoms with Crippen LogP contribution in [-0.2, 0) is 4.74 Å². The molecule has 1 fully saturated rings. The highest BCUT2D eigenvalue weighted by atomic mass is 16.6. The van der Waals surface area contributed by atoms with Gasteiger partial charge >= 0.3 is 6.09 Å². The lowest BCUT2D eigenvalue weighted by molar-refractivity contribution is 0.0199. The van der Waals surface area contributed by atoms with E-state index in [0.29, 0.717) is 13.1 Å². The van der Waals surface area contributed by atoms with E-state index in [-0.39, 0.29) is 12.0 Å². The Hall–Kier alpha value is -2.82. The summed E-state index contributed by atoms with van der Waals surface area (Å²) in [4.78, 5) is 19.1. The number of allylic oxidation sites excluding steroid dienone is 4. The number of ether oxygens (including phenoxy) is 1. The van der Waals surface area contributed by atoms with Gasteiger partial charge in [0.1, 0.15) is 11.3 Å². The first-order valence-electron chi connectivity index (χ1n) is 10.8. The lowest BCUT2D eigenvalue weighted by atomic mass is 9.97. The molecule has 5 nitrogen and oxygen atoms in total. The van der Waals surface area contributed by atoms with Crippen molar-refractivity contribution in [2.45, 2.75) is 58.0 Å². The van der Waals surface area contributed by atoms with E-state index in [0.717, 1.165) is 54.2 Å². The van der Waals surface area contributed by atoms with Gasteiger partial charge in [-0.25, -0.2) is 9.78 Å². The van der Waals surface area contributed by atoms with E-state index in [2.05, 4.69) is 30.4 Å². The molecule has 1 aliphatic carbocycles. The van der Waals surface area contributed by atoms with Crippen LogP contribution in [0.25, 0.3) is 16.8 Å². The molecule has 1 aliphatic heterocycles. The number of oxazole rings is 1. The van der Waals surface area contributed by atoms with Crippen LogP contribution < -0.4 is 0 Å². The van der Waals surface area contributed by atoms with Crippen LogP contribution >= 0.6 is 0 Å². The summed E-state index contributed by atoms with van der Waals surface area (Å²) in [6.07, 6.45) is 10.0. The van der Waals surface area contributed by atoms with Crippen molar-refractivity contribution in [1.29, 1.82) is 0 Å². The molecule has 4 rings (SSSR count). The molecule has 2 aromatic rings. The summed E-state index contributed by atoms with van der Waals surface area (Å²) < 4.78 is 11.9. The van der Waals surface area contributed by atoms with E-state index in [1.165, 1.54) is 0 Å². The predicted octanol–water partition coefficient (Wildman–Crippen LogP) is 6.19. The fourth-order valence-corrected chi connectivity index (χ4v) is 3.92. The molecule has 30 heavy (non-hydrogen) atoms. The number of benzene rings is 1. The zero-order valence-electron chi connectivity index (χ0n) is 18.1. The molecular weight excluding hydrogens is 376 g/mol. The summed E-state index contributed by atoms with van der Waals surface area (Å²) in [7, 11) is 0. The number of carbonyl (C=O) groups excluding carboxylic acids is 1. The molecule has 158 valence electrons. The zero-order valence-corrected chi connectivity index (χ0v) is 18.1. The van der Waals surface area contributed by atoms with Crippen LogP contribution in [0, 0.1) is 0 Å². The Labute approximate surface area is 178 Å². The van der Waals surface area contributed by atoms with Crippen molar-refractivity contribution in [2.75, 3.05) is 13.1 Å². The van der Waals surface area contributed by atoms with Gasteiger partial charge in [0.2, 0.25) is 0 Å². The molecule has 0 saturated carbocycles. The van der Waals surface area contributed by atoms with Gasteiger partial charge in [-0.2, -0.15) is 0 Å². The Bertz CT molecular complexity index is 943. The maximum Gasteiger partial charge on any atom is 0.410 e. The number of nitrogens with zero attached hydrogens (tertiary/aromatic N) is 2. The van der Waals surface area contributed by atoms with Gasteiger partial charge in [-0.15, -0.1) is 0 Å². The Morgan fingerprint density at radius 3 is 2.50 bits per heavy atom. The molecule has 0 atom stereocenters. The van der Waals surface area contributed by atoms with Crippen molar-refractivity contribution >= 4 is 11.7 Å². The molecule has 0 spiro atoms. The first kappa shape index (κ1) is 20.5. The number of likely N-dealkylation sites (tertiary alicyclic amines) is 1. The topological polar surface area (TPSA) is 55.6 Å². The quantitative estimate of drug-likeness (QED) is 0.610. The number of aromatic nitrogens is 1. The van der Waals surface area contributed by atoms with Crippen molar-refractivity contribution in [3.63, 3.8) is 0 Å². The number of hydrogen-bond acceptors (Lipinski definition) is 4. The van der Waals surface area contributed by atoms with Crippen LogP contribution in [0.4, 0.5) is 4.79 Å². The van der Waals surface area contributed by atoms with E-state index < -0.39 is 5.60 Å². The van der Waals surface area contributed by atoms with Crippen molar-refractivity contribution in [3.8, 4) is 11.3 Å². The van der Waals surface area contributed by atoms with E-state index in [9.17, 15) is 4.79 Å². The molecular formula is C25H30N2O3. The lowest BCUT2D eigenvalue weighted by Crippen LogP contribution is -2.41. The highest BCUT2D eigenvalue weighted by Crippen LogP contribution is 2.36. The van der Waals surface area contributed by atoms with Gasteiger partial charge in [-0.1, -0.05) is 48.6 Å². The van der Waals surface area contributed by atoms with Gasteiger partial charge in [0.25, 0.3) is 0 Å². The molecule has 1 amide bonds. The minimum Gasteiger partial charge on any atom is -0.444 e. The van der Waals surface area contributed by atoms with Gasteiger partial charge in [-0.3, -0.25) is 0 Å². The Kier molecular flexibility index (Phi) is 5.80. The maximum absolute atomic E-state index is 12.4. The molecule has 0 unspecified atom stereocenters. The lowest BCUT2D eigenvalue weighted by Gasteiger charge is -2.32. The molecule has 1 aromatic carbocycles. The van der Waals surface area contributed by atoms with Crippen LogP contribution in [-0.4, -0.2) is 34.7 Å². The largest absolute Gasteiger partial charge is 0.444 e. The Morgan fingerprint density at radius 1 is 1.13 bits per heavy atom. The molecule has 1 saturated heterocycles. The average molecular weight is 407 g/mol. The highest BCUT2D eigenvalue weighted by Gasteiger charge is 2.31. The van der Waals surface area contributed by atoms with Gasteiger partial charge in [0, 0.05) is 30.1 Å². The van der Waals surface area contributed by atoms with Gasteiger partial charge in [-0.05, 0) is 46.5 Å². The van der Waals surface area contributed by atoms with Crippen LogP contribution in [0.5, 0.6) is 0 Å². The molecule has 1 aromatic heterocycles. The molecule has 2 aliphatic rings. The second-order valence-corrected chi connectivity index (χ2v) is 8.98. The fraction of sp³-hybridized carbons (Fsp3) is 0.440. The Morgan fingerprint density at radius 2 is 1.87 bits per heavy atom. The van der Waals surface area contributed by atoms with E-state index >= 15 is 0 Å². The molecule has 0 N–H and O–H groups in total. The first-order valence-corrected chi connectivity index (χ1v) is 10.8. The number of carbonyl (C=O) groups is 1. The van der Waals surface area contributed by atoms with Crippen molar-refractivity contribution in [2.24, 2.45) is 0 Å². The SMILES string of the molecule is CC(C)(C)OC(=O)N1CCC(c2nc(-c3ccccc3)c(C3=CCCC=C3)o2)CC1. The number of rotatable bonds is 3. The summed E-state index contributed by atoms with van der Waals surface area (Å²) >= 11 is 0. The van der Waals surface area contributed by atoms with E-state index in [4.69, 9.17) is 14.1 Å². The monoisotopic (exact) mass is 406 g/mol. The minimum absolute atomic E-state index is 0.202. The summed E-state index contributed by atoms with van der Waals surface area (Å²) in [6, 6.07) is 10.2. The third-order valence-electron chi connectivity index (χ3n) is 5.44. The van der Waals surface area contributed by atoms with Gasteiger partial charge in [0.05, 0.1) is 0 Å². The summed E-state index contributed by atoms with van der Waals surface area (Å²) in [5, 5.41) is 0. The molecule has 0 radical (unpaired) electrons. The standard InChI is InChI=1S/C25H30N2O3/c1-25(2,3)30-24(28)27-16-14-20(15-17-27)23-26-21(18-10-6-4-7-11-18)22(29-23)19-12-8-5-9-13-19/h4,6-8,10-13,20H,5,9,14-17H2,1-3H3. The number of hydrogen-bond donors (Lipinski definition) is 0. The van der Waals surface area contributed by atoms with Crippen LogP contribution in [0.2, 0.25) is 0 Å². The molecule has 0 bridgehead atoms. The van der Waals surface area contributed by atoms with Crippen molar-refractivity contribution in [3.05, 3.63) is 60.2 Å². The van der Waals surface area contributed by atoms with Crippen LogP contribution in [0.1, 0.15) is 64.0 Å². The number of amides is 1. The van der Waals surface area contributed by atoms with Gasteiger partial charge in [0.15, 0.2) is 11.7 Å². The fourth-order valence-electron chi connectivity index (χ4n) is 3.92. The molecule has 2 heterocycles. The Balaban J connectivity index is 1.54. The summed E-state index contributed by atoms with van der Waals surface area (Å²) in [6.45, 7) is 6.99. The zero-order chi connectivity index (χ0) is 21.1. The normalized spacial score (nSPS) is 17.7. The van der Waals surface area contributed by atoms with Crippen LogP contribution in [0.15, 0.2) is 53.0 Å². The first-order chi connectivity index (χ1) is 14.4. The van der Waals surface area contributed by atoms with Crippen molar-refractivity contribution in [1.82, 2.24) is 9.88 Å². The number of piperidine rings is 1. The predicted molar refractivity (Wildman–Crippen MR) is 118 cm³/mol. The molecule has 5 heteroatoms. The minimum atomic E-state index is -0.475. The van der Waals surface area contributed by atoms with Crippen LogP contribution in [0.3, 0.4) is 0 Å². The smallest absolute Gasteiger partial charge is 0.410 e. The van der Waals surface area contributed by atoms with Gasteiger partial charge < -0.3 is 14.1 Å². The summed E-state index contributed by atoms with van der Waals surface area (Å²) in [5.74, 6) is 1.82. The maximum atomic E-state index is 12.4. The highest BCUT2D eigenvalue weighted by molar-refractivity contribution is 5.81. The third-order valence-corrected chi connectivity index (χ3v) is 5.44. The van der Waals surface area contributed by atoms with Crippen molar-refractivity contribution < 1.29 is 13.9 Å². The third kappa shape index (κ3) is 4.66. The average Bonchev–Trinajstić information content (AvgIpc) is 3.19. The second-order valence-electron chi connectivity index (χ2n) is 8.98.